The fourth-order valence-corrected chi connectivity index (χ4v) is 9.54. The van der Waals surface area contributed by atoms with Crippen LogP contribution in [-0.2, 0) is 6.42 Å². The molecule has 7 rings (SSSR count). The summed E-state index contributed by atoms with van der Waals surface area (Å²) in [6.07, 6.45) is 6.90. The topological polar surface area (TPSA) is 79.7 Å². The number of aliphatic hydroxyl groups excluding tert-OH is 1. The molecule has 0 saturated heterocycles. The number of thiazole rings is 1. The van der Waals surface area contributed by atoms with Gasteiger partial charge in [-0.1, -0.05) is 54.6 Å². The summed E-state index contributed by atoms with van der Waals surface area (Å²) >= 11 is 3.32. The quantitative estimate of drug-likeness (QED) is 0.127. The van der Waals surface area contributed by atoms with Crippen molar-refractivity contribution < 1.29 is 19.7 Å². The predicted octanol–water partition coefficient (Wildman–Crippen LogP) is 8.37. The van der Waals surface area contributed by atoms with Crippen LogP contribution in [0, 0.1) is 5.41 Å². The molecule has 3 aliphatic rings. The fraction of sp³-hybridized carbons (Fsp3) is 0.405. The Balaban J connectivity index is 1.39. The number of hydrogen-bond donors (Lipinski definition) is 2. The van der Waals surface area contributed by atoms with Gasteiger partial charge in [-0.25, -0.2) is 4.98 Å². The number of nitrogens with zero attached hydrogens (tertiary/aromatic N) is 1. The summed E-state index contributed by atoms with van der Waals surface area (Å²) in [4.78, 5) is 19.0. The molecule has 2 bridgehead atoms. The minimum atomic E-state index is -0.936. The molecule has 0 amide bonds. The number of hydrogen-bond acceptors (Lipinski definition) is 7. The highest BCUT2D eigenvalue weighted by molar-refractivity contribution is 8.01. The molecule has 3 aliphatic carbocycles. The number of fused-ring (bicyclic) bond motifs is 9. The lowest BCUT2D eigenvalue weighted by atomic mass is 9.65. The third-order valence-corrected chi connectivity index (χ3v) is 12.4. The van der Waals surface area contributed by atoms with Gasteiger partial charge in [0.25, 0.3) is 0 Å². The van der Waals surface area contributed by atoms with Crippen LogP contribution in [0.5, 0.6) is 5.75 Å². The Labute approximate surface area is 268 Å². The smallest absolute Gasteiger partial charge is 0.193 e. The van der Waals surface area contributed by atoms with E-state index in [-0.39, 0.29) is 11.7 Å². The zero-order valence-electron chi connectivity index (χ0n) is 25.7. The number of benzene rings is 3. The zero-order valence-corrected chi connectivity index (χ0v) is 27.3. The summed E-state index contributed by atoms with van der Waals surface area (Å²) in [7, 11) is 1.62. The van der Waals surface area contributed by atoms with Gasteiger partial charge in [-0.15, -0.1) is 11.3 Å². The van der Waals surface area contributed by atoms with Crippen molar-refractivity contribution in [2.75, 3.05) is 12.9 Å². The number of rotatable bonds is 6. The van der Waals surface area contributed by atoms with Crippen molar-refractivity contribution in [2.24, 2.45) is 5.41 Å². The lowest BCUT2D eigenvalue weighted by Crippen LogP contribution is -2.46. The van der Waals surface area contributed by atoms with E-state index < -0.39 is 17.1 Å². The minimum Gasteiger partial charge on any atom is -0.497 e. The largest absolute Gasteiger partial charge is 0.497 e. The van der Waals surface area contributed by atoms with Crippen LogP contribution in [-0.4, -0.2) is 45.5 Å². The molecule has 3 aromatic carbocycles. The van der Waals surface area contributed by atoms with Gasteiger partial charge in [0, 0.05) is 22.3 Å². The van der Waals surface area contributed by atoms with Crippen LogP contribution in [0.1, 0.15) is 85.3 Å². The highest BCUT2D eigenvalue weighted by atomic mass is 32.2. The molecular weight excluding hydrogens is 587 g/mol. The number of para-hydroxylation sites is 1. The maximum Gasteiger partial charge on any atom is 0.193 e. The zero-order chi connectivity index (χ0) is 30.9. The van der Waals surface area contributed by atoms with Gasteiger partial charge in [-0.2, -0.15) is 0 Å². The standard InChI is InChI=1S/C37H41NO4S2/c1-24-7-6-19-36(2)31(18-20-37(36,41)23-43-35-38-32-8-4-5-9-33(32)44-35)29-17-11-25(21-27(39)14-10-24)22-30(29)34(40)26-12-15-28(42-3)16-13-26/h4-5,7-9,11-13,15-17,22,27,31,39,41H,6,10,14,18-21,23H2,1-3H3/t27-,31-,36-,37+/m0/s1. The first-order chi connectivity index (χ1) is 21.2. The van der Waals surface area contributed by atoms with Crippen molar-refractivity contribution in [2.45, 2.75) is 80.8 Å². The van der Waals surface area contributed by atoms with Gasteiger partial charge in [0.2, 0.25) is 0 Å². The summed E-state index contributed by atoms with van der Waals surface area (Å²) in [5, 5.41) is 23.4. The Morgan fingerprint density at radius 3 is 2.66 bits per heavy atom. The molecular formula is C37H41NO4S2. The molecule has 230 valence electrons. The molecule has 0 aliphatic heterocycles. The number of carbonyl (C=O) groups excluding carboxylic acids is 1. The second kappa shape index (κ2) is 12.8. The molecule has 1 aromatic heterocycles. The van der Waals surface area contributed by atoms with Gasteiger partial charge in [-0.3, -0.25) is 4.79 Å². The van der Waals surface area contributed by atoms with Crippen molar-refractivity contribution in [1.82, 2.24) is 4.98 Å². The Kier molecular flexibility index (Phi) is 9.02. The van der Waals surface area contributed by atoms with Gasteiger partial charge in [0.1, 0.15) is 5.75 Å². The molecule has 1 saturated carbocycles. The monoisotopic (exact) mass is 627 g/mol. The number of aliphatic hydroxyl groups is 2. The number of carbonyl (C=O) groups is 1. The third kappa shape index (κ3) is 6.12. The van der Waals surface area contributed by atoms with E-state index >= 15 is 0 Å². The van der Waals surface area contributed by atoms with Crippen LogP contribution in [0.25, 0.3) is 10.2 Å². The van der Waals surface area contributed by atoms with E-state index in [1.165, 1.54) is 5.57 Å². The molecule has 2 N–H and O–H groups in total. The van der Waals surface area contributed by atoms with E-state index in [1.807, 2.05) is 48.5 Å². The Hall–Kier alpha value is -2.97. The van der Waals surface area contributed by atoms with E-state index in [0.717, 1.165) is 51.4 Å². The van der Waals surface area contributed by atoms with Crippen LogP contribution in [0.3, 0.4) is 0 Å². The molecule has 4 aromatic rings. The number of ether oxygens (including phenoxy) is 1. The van der Waals surface area contributed by atoms with Crippen LogP contribution in [0.15, 0.2) is 82.7 Å². The number of ketones is 1. The van der Waals surface area contributed by atoms with E-state index in [9.17, 15) is 15.0 Å². The highest BCUT2D eigenvalue weighted by Crippen LogP contribution is 2.59. The third-order valence-electron chi connectivity index (χ3n) is 9.98. The summed E-state index contributed by atoms with van der Waals surface area (Å²) in [5.41, 5.74) is 4.09. The molecule has 7 heteroatoms. The van der Waals surface area contributed by atoms with Crippen molar-refractivity contribution in [3.63, 3.8) is 0 Å². The van der Waals surface area contributed by atoms with Crippen LogP contribution in [0.2, 0.25) is 0 Å². The first-order valence-corrected chi connectivity index (χ1v) is 17.4. The molecule has 0 unspecified atom stereocenters. The van der Waals surface area contributed by atoms with Crippen LogP contribution in [0.4, 0.5) is 0 Å². The van der Waals surface area contributed by atoms with E-state index in [0.29, 0.717) is 41.9 Å². The Morgan fingerprint density at radius 2 is 1.89 bits per heavy atom. The molecule has 44 heavy (non-hydrogen) atoms. The van der Waals surface area contributed by atoms with Gasteiger partial charge in [-0.05, 0) is 111 Å². The van der Waals surface area contributed by atoms with E-state index in [1.54, 1.807) is 30.2 Å². The SMILES string of the molecule is COc1ccc(C(=O)c2cc3ccc2[C@@H]2CC[C@@](O)(CSc4nc5ccccc5s4)[C@@]2(C)CCC=C(C)CC[C@H](O)C3)cc1. The molecule has 0 radical (unpaired) electrons. The van der Waals surface area contributed by atoms with E-state index in [4.69, 9.17) is 9.72 Å². The highest BCUT2D eigenvalue weighted by Gasteiger charge is 2.56. The number of methoxy groups -OCH3 is 1. The predicted molar refractivity (Wildman–Crippen MR) is 180 cm³/mol. The molecule has 5 nitrogen and oxygen atoms in total. The maximum absolute atomic E-state index is 14.2. The average Bonchev–Trinajstić information content (AvgIpc) is 3.56. The second-order valence-electron chi connectivity index (χ2n) is 12.7. The Bertz CT molecular complexity index is 1650. The molecule has 0 spiro atoms. The van der Waals surface area contributed by atoms with Crippen LogP contribution < -0.4 is 4.74 Å². The summed E-state index contributed by atoms with van der Waals surface area (Å²) in [6.45, 7) is 4.37. The first kappa shape index (κ1) is 31.0. The lowest BCUT2D eigenvalue weighted by Gasteiger charge is -2.44. The molecule has 4 atom stereocenters. The molecule has 1 heterocycles. The molecule has 1 fully saturated rings. The lowest BCUT2D eigenvalue weighted by molar-refractivity contribution is -0.0422. The van der Waals surface area contributed by atoms with Crippen molar-refractivity contribution in [1.29, 1.82) is 0 Å². The Morgan fingerprint density at radius 1 is 1.09 bits per heavy atom. The second-order valence-corrected chi connectivity index (χ2v) is 15.0. The van der Waals surface area contributed by atoms with Crippen LogP contribution >= 0.6 is 23.1 Å². The van der Waals surface area contributed by atoms with Gasteiger partial charge >= 0.3 is 0 Å². The summed E-state index contributed by atoms with van der Waals surface area (Å²) in [5.74, 6) is 1.21. The number of thioether (sulfide) groups is 1. The van der Waals surface area contributed by atoms with Crippen molar-refractivity contribution in [3.05, 3.63) is 101 Å². The summed E-state index contributed by atoms with van der Waals surface area (Å²) in [6, 6.07) is 21.6. The fourth-order valence-electron chi connectivity index (χ4n) is 7.17. The average molecular weight is 628 g/mol. The van der Waals surface area contributed by atoms with Crippen molar-refractivity contribution >= 4 is 39.1 Å². The van der Waals surface area contributed by atoms with Crippen molar-refractivity contribution in [3.8, 4) is 5.75 Å². The first-order valence-electron chi connectivity index (χ1n) is 15.6. The normalized spacial score (nSPS) is 25.8. The van der Waals surface area contributed by atoms with Gasteiger partial charge in [0.15, 0.2) is 10.1 Å². The van der Waals surface area contributed by atoms with Gasteiger partial charge < -0.3 is 14.9 Å². The number of allylic oxidation sites excluding steroid dienone is 2. The maximum atomic E-state index is 14.2. The van der Waals surface area contributed by atoms with E-state index in [2.05, 4.69) is 38.1 Å². The minimum absolute atomic E-state index is 0.00344. The summed E-state index contributed by atoms with van der Waals surface area (Å²) < 4.78 is 7.46. The van der Waals surface area contributed by atoms with Gasteiger partial charge in [0.05, 0.1) is 29.0 Å². The number of aromatic nitrogens is 1.